The number of aryl methyl sites for hydroxylation is 1. The van der Waals surface area contributed by atoms with Crippen molar-refractivity contribution in [2.24, 2.45) is 11.8 Å². The molecular formula is C14H20N2O2. The van der Waals surface area contributed by atoms with Gasteiger partial charge in [-0.2, -0.15) is 0 Å². The summed E-state index contributed by atoms with van der Waals surface area (Å²) in [6, 6.07) is 1.75. The lowest BCUT2D eigenvalue weighted by molar-refractivity contribution is 0.0696. The summed E-state index contributed by atoms with van der Waals surface area (Å²) in [4.78, 5) is 17.8. The number of pyridine rings is 1. The number of carbonyl (C=O) groups is 1. The summed E-state index contributed by atoms with van der Waals surface area (Å²) in [7, 11) is 0. The molecule has 18 heavy (non-hydrogen) atoms. The van der Waals surface area contributed by atoms with E-state index in [4.69, 9.17) is 0 Å². The maximum atomic E-state index is 11.4. The van der Waals surface area contributed by atoms with Crippen LogP contribution in [0.15, 0.2) is 12.3 Å². The zero-order valence-electron chi connectivity index (χ0n) is 11.2. The first-order valence-corrected chi connectivity index (χ1v) is 6.43. The predicted octanol–water partition coefficient (Wildman–Crippen LogP) is 2.57. The van der Waals surface area contributed by atoms with Crippen molar-refractivity contribution < 1.29 is 9.90 Å². The molecule has 0 spiro atoms. The number of carboxylic acid groups (broad SMARTS) is 1. The van der Waals surface area contributed by atoms with Gasteiger partial charge in [0.05, 0.1) is 0 Å². The summed E-state index contributed by atoms with van der Waals surface area (Å²) in [5.41, 5.74) is 1.12. The van der Waals surface area contributed by atoms with E-state index in [-0.39, 0.29) is 0 Å². The van der Waals surface area contributed by atoms with Crippen LogP contribution < -0.4 is 4.90 Å². The van der Waals surface area contributed by atoms with Crippen molar-refractivity contribution in [1.82, 2.24) is 4.98 Å². The van der Waals surface area contributed by atoms with Crippen LogP contribution in [-0.2, 0) is 0 Å². The average molecular weight is 248 g/mol. The fourth-order valence-corrected chi connectivity index (χ4v) is 2.88. The van der Waals surface area contributed by atoms with Crippen molar-refractivity contribution >= 4 is 11.8 Å². The van der Waals surface area contributed by atoms with Crippen molar-refractivity contribution in [2.45, 2.75) is 27.2 Å². The molecule has 2 rings (SSSR count). The zero-order chi connectivity index (χ0) is 13.3. The van der Waals surface area contributed by atoms with Crippen LogP contribution in [0.1, 0.15) is 36.2 Å². The summed E-state index contributed by atoms with van der Waals surface area (Å²) in [5.74, 6) is 0.901. The lowest BCUT2D eigenvalue weighted by Gasteiger charge is -2.36. The van der Waals surface area contributed by atoms with Gasteiger partial charge in [0.2, 0.25) is 0 Å². The molecule has 1 N–H and O–H groups in total. The third kappa shape index (κ3) is 2.47. The molecule has 0 amide bonds. The van der Waals surface area contributed by atoms with E-state index in [0.717, 1.165) is 18.7 Å². The Hall–Kier alpha value is -1.58. The number of aromatic nitrogens is 1. The molecule has 1 fully saturated rings. The second-order valence-corrected chi connectivity index (χ2v) is 5.48. The minimum absolute atomic E-state index is 0.346. The van der Waals surface area contributed by atoms with Crippen LogP contribution in [0.25, 0.3) is 0 Å². The number of aromatic carboxylic acids is 1. The second kappa shape index (κ2) is 4.96. The largest absolute Gasteiger partial charge is 0.478 e. The molecule has 0 radical (unpaired) electrons. The van der Waals surface area contributed by atoms with Gasteiger partial charge in [0.1, 0.15) is 11.4 Å². The molecule has 1 aromatic rings. The summed E-state index contributed by atoms with van der Waals surface area (Å²) in [6.07, 6.45) is 2.89. The molecule has 4 heteroatoms. The van der Waals surface area contributed by atoms with Crippen molar-refractivity contribution in [3.8, 4) is 0 Å². The fraction of sp³-hybridized carbons (Fsp3) is 0.571. The molecule has 1 aliphatic rings. The first-order chi connectivity index (χ1) is 8.49. The molecule has 2 atom stereocenters. The lowest BCUT2D eigenvalue weighted by Crippen LogP contribution is -2.40. The van der Waals surface area contributed by atoms with Gasteiger partial charge in [-0.1, -0.05) is 13.8 Å². The standard InChI is InChI=1S/C14H20N2O2/c1-9-6-10(2)8-16(7-9)13-12(14(17)18)11(3)4-5-15-13/h4-5,9-10H,6-8H2,1-3H3,(H,17,18). The van der Waals surface area contributed by atoms with Crippen molar-refractivity contribution in [1.29, 1.82) is 0 Å². The highest BCUT2D eigenvalue weighted by atomic mass is 16.4. The van der Waals surface area contributed by atoms with E-state index in [1.54, 1.807) is 12.3 Å². The van der Waals surface area contributed by atoms with E-state index >= 15 is 0 Å². The predicted molar refractivity (Wildman–Crippen MR) is 71.1 cm³/mol. The Balaban J connectivity index is 2.38. The highest BCUT2D eigenvalue weighted by Gasteiger charge is 2.26. The molecule has 0 aliphatic carbocycles. The van der Waals surface area contributed by atoms with E-state index in [2.05, 4.69) is 23.7 Å². The van der Waals surface area contributed by atoms with Gasteiger partial charge in [0.25, 0.3) is 0 Å². The minimum atomic E-state index is -0.888. The molecule has 2 unspecified atom stereocenters. The van der Waals surface area contributed by atoms with Crippen LogP contribution in [0.2, 0.25) is 0 Å². The molecule has 1 aliphatic heterocycles. The first kappa shape index (κ1) is 12.9. The Kier molecular flexibility index (Phi) is 3.55. The monoisotopic (exact) mass is 248 g/mol. The molecule has 1 saturated heterocycles. The van der Waals surface area contributed by atoms with Crippen LogP contribution in [0.3, 0.4) is 0 Å². The zero-order valence-corrected chi connectivity index (χ0v) is 11.2. The summed E-state index contributed by atoms with van der Waals surface area (Å²) >= 11 is 0. The third-order valence-electron chi connectivity index (χ3n) is 3.52. The molecule has 4 nitrogen and oxygen atoms in total. The van der Waals surface area contributed by atoms with Crippen LogP contribution in [-0.4, -0.2) is 29.1 Å². The van der Waals surface area contributed by atoms with Gasteiger partial charge >= 0.3 is 5.97 Å². The van der Waals surface area contributed by atoms with Crippen molar-refractivity contribution in [3.05, 3.63) is 23.4 Å². The summed E-state index contributed by atoms with van der Waals surface area (Å²) in [5, 5.41) is 9.34. The molecule has 0 bridgehead atoms. The number of carboxylic acids is 1. The Morgan fingerprint density at radius 2 is 2.00 bits per heavy atom. The van der Waals surface area contributed by atoms with Gasteiger partial charge in [0, 0.05) is 19.3 Å². The number of anilines is 1. The van der Waals surface area contributed by atoms with Gasteiger partial charge in [-0.25, -0.2) is 9.78 Å². The van der Waals surface area contributed by atoms with E-state index in [1.165, 1.54) is 6.42 Å². The van der Waals surface area contributed by atoms with E-state index < -0.39 is 5.97 Å². The number of nitrogens with zero attached hydrogens (tertiary/aromatic N) is 2. The minimum Gasteiger partial charge on any atom is -0.478 e. The Morgan fingerprint density at radius 3 is 2.56 bits per heavy atom. The van der Waals surface area contributed by atoms with Gasteiger partial charge in [-0.05, 0) is 36.8 Å². The topological polar surface area (TPSA) is 53.4 Å². The fourth-order valence-electron chi connectivity index (χ4n) is 2.88. The maximum Gasteiger partial charge on any atom is 0.339 e. The number of hydrogen-bond acceptors (Lipinski definition) is 3. The Bertz CT molecular complexity index is 449. The normalized spacial score (nSPS) is 24.1. The number of piperidine rings is 1. The van der Waals surface area contributed by atoms with E-state index in [9.17, 15) is 9.90 Å². The Labute approximate surface area is 108 Å². The van der Waals surface area contributed by atoms with Gasteiger partial charge in [-0.15, -0.1) is 0 Å². The van der Waals surface area contributed by atoms with Crippen LogP contribution >= 0.6 is 0 Å². The molecule has 2 heterocycles. The van der Waals surface area contributed by atoms with Crippen LogP contribution in [0, 0.1) is 18.8 Å². The maximum absolute atomic E-state index is 11.4. The molecule has 0 saturated carbocycles. The van der Waals surface area contributed by atoms with Crippen LogP contribution in [0.4, 0.5) is 5.82 Å². The van der Waals surface area contributed by atoms with Gasteiger partial charge in [0.15, 0.2) is 0 Å². The van der Waals surface area contributed by atoms with E-state index in [1.807, 2.05) is 6.92 Å². The summed E-state index contributed by atoms with van der Waals surface area (Å²) in [6.45, 7) is 8.02. The van der Waals surface area contributed by atoms with Crippen LogP contribution in [0.5, 0.6) is 0 Å². The SMILES string of the molecule is Cc1ccnc(N2CC(C)CC(C)C2)c1C(=O)O. The second-order valence-electron chi connectivity index (χ2n) is 5.48. The molecule has 0 aromatic carbocycles. The highest BCUT2D eigenvalue weighted by molar-refractivity contribution is 5.95. The smallest absolute Gasteiger partial charge is 0.339 e. The molecule has 1 aromatic heterocycles. The Morgan fingerprint density at radius 1 is 1.39 bits per heavy atom. The van der Waals surface area contributed by atoms with E-state index in [0.29, 0.717) is 23.2 Å². The third-order valence-corrected chi connectivity index (χ3v) is 3.52. The highest BCUT2D eigenvalue weighted by Crippen LogP contribution is 2.28. The van der Waals surface area contributed by atoms with Gasteiger partial charge in [-0.3, -0.25) is 0 Å². The lowest BCUT2D eigenvalue weighted by atomic mass is 9.91. The number of hydrogen-bond donors (Lipinski definition) is 1. The molecule has 98 valence electrons. The first-order valence-electron chi connectivity index (χ1n) is 6.43. The average Bonchev–Trinajstić information content (AvgIpc) is 2.26. The van der Waals surface area contributed by atoms with Gasteiger partial charge < -0.3 is 10.0 Å². The summed E-state index contributed by atoms with van der Waals surface area (Å²) < 4.78 is 0. The van der Waals surface area contributed by atoms with Crippen molar-refractivity contribution in [3.63, 3.8) is 0 Å². The van der Waals surface area contributed by atoms with Crippen molar-refractivity contribution in [2.75, 3.05) is 18.0 Å². The molecular weight excluding hydrogens is 228 g/mol. The number of rotatable bonds is 2. The quantitative estimate of drug-likeness (QED) is 0.874.